The molecule has 0 saturated carbocycles. The largest absolute Gasteiger partial charge is 0.380 e. The van der Waals surface area contributed by atoms with Crippen LogP contribution in [0.3, 0.4) is 0 Å². The Morgan fingerprint density at radius 3 is 2.64 bits per heavy atom. The number of rotatable bonds is 6. The van der Waals surface area contributed by atoms with Gasteiger partial charge in [-0.05, 0) is 31.5 Å². The molecular formula is C26H26F3N5O2. The van der Waals surface area contributed by atoms with Crippen LogP contribution in [0.15, 0.2) is 42.6 Å². The third-order valence-electron chi connectivity index (χ3n) is 7.60. The molecule has 1 N–H and O–H groups in total. The number of piperazine rings is 1. The van der Waals surface area contributed by atoms with E-state index in [9.17, 15) is 18.0 Å². The van der Waals surface area contributed by atoms with Crippen molar-refractivity contribution < 1.29 is 22.7 Å². The van der Waals surface area contributed by atoms with E-state index in [-0.39, 0.29) is 29.5 Å². The number of likely N-dealkylation sites (tertiary alicyclic amines) is 1. The second kappa shape index (κ2) is 8.92. The van der Waals surface area contributed by atoms with Gasteiger partial charge in [-0.1, -0.05) is 18.2 Å². The van der Waals surface area contributed by atoms with Gasteiger partial charge in [-0.25, -0.2) is 13.2 Å². The minimum Gasteiger partial charge on any atom is -0.380 e. The Morgan fingerprint density at radius 1 is 1.14 bits per heavy atom. The highest BCUT2D eigenvalue weighted by molar-refractivity contribution is 5.93. The lowest BCUT2D eigenvalue weighted by Gasteiger charge is -2.38. The minimum atomic E-state index is -2.88. The van der Waals surface area contributed by atoms with Crippen molar-refractivity contribution in [2.24, 2.45) is 5.92 Å². The quantitative estimate of drug-likeness (QED) is 0.547. The van der Waals surface area contributed by atoms with E-state index >= 15 is 0 Å². The Morgan fingerprint density at radius 2 is 1.94 bits per heavy atom. The lowest BCUT2D eigenvalue weighted by molar-refractivity contribution is -0.151. The molecule has 1 amide bonds. The van der Waals surface area contributed by atoms with E-state index in [1.165, 1.54) is 12.1 Å². The van der Waals surface area contributed by atoms with Gasteiger partial charge in [-0.3, -0.25) is 4.79 Å². The summed E-state index contributed by atoms with van der Waals surface area (Å²) in [5, 5.41) is 12.3. The summed E-state index contributed by atoms with van der Waals surface area (Å²) in [5.41, 5.74) is 1.88. The van der Waals surface area contributed by atoms with E-state index in [0.29, 0.717) is 31.0 Å². The lowest BCUT2D eigenvalue weighted by Crippen LogP contribution is -2.53. The predicted octanol–water partition coefficient (Wildman–Crippen LogP) is 4.32. The first kappa shape index (κ1) is 23.0. The number of alkyl halides is 2. The molecule has 36 heavy (non-hydrogen) atoms. The fraction of sp³-hybridized carbons (Fsp3) is 0.423. The molecule has 188 valence electrons. The Kier molecular flexibility index (Phi) is 5.70. The monoisotopic (exact) mass is 497 g/mol. The molecule has 2 bridgehead atoms. The number of hydrogen-bond donors (Lipinski definition) is 1. The summed E-state index contributed by atoms with van der Waals surface area (Å²) in [6.07, 6.45) is -0.380. The summed E-state index contributed by atoms with van der Waals surface area (Å²) >= 11 is 0. The zero-order valence-corrected chi connectivity index (χ0v) is 19.7. The zero-order valence-electron chi connectivity index (χ0n) is 19.7. The van der Waals surface area contributed by atoms with Crippen molar-refractivity contribution in [3.63, 3.8) is 0 Å². The third kappa shape index (κ3) is 3.84. The van der Waals surface area contributed by atoms with Crippen LogP contribution in [0.5, 0.6) is 0 Å². The zero-order chi connectivity index (χ0) is 25.0. The number of ether oxygens (including phenoxy) is 1. The minimum absolute atomic E-state index is 0.00103. The molecule has 6 rings (SSSR count). The number of carbonyl (C=O) groups excluding carboxylic acids is 1. The molecular weight excluding hydrogens is 471 g/mol. The van der Waals surface area contributed by atoms with E-state index in [0.717, 1.165) is 30.1 Å². The van der Waals surface area contributed by atoms with E-state index in [1.807, 2.05) is 23.1 Å². The van der Waals surface area contributed by atoms with Crippen LogP contribution in [-0.2, 0) is 9.53 Å². The number of halogens is 3. The van der Waals surface area contributed by atoms with Crippen LogP contribution in [0, 0.1) is 11.7 Å². The van der Waals surface area contributed by atoms with Crippen LogP contribution < -0.4 is 10.2 Å². The normalized spacial score (nSPS) is 22.4. The number of fused-ring (bicyclic) bond motifs is 3. The van der Waals surface area contributed by atoms with E-state index in [4.69, 9.17) is 4.74 Å². The number of nitrogens with one attached hydrogen (secondary N) is 1. The van der Waals surface area contributed by atoms with Gasteiger partial charge in [0.25, 0.3) is 6.43 Å². The highest BCUT2D eigenvalue weighted by atomic mass is 19.3. The first-order valence-corrected chi connectivity index (χ1v) is 12.1. The summed E-state index contributed by atoms with van der Waals surface area (Å²) in [7, 11) is 0. The van der Waals surface area contributed by atoms with Gasteiger partial charge in [-0.15, -0.1) is 0 Å². The Hall–Kier alpha value is -3.40. The van der Waals surface area contributed by atoms with Crippen LogP contribution in [0.2, 0.25) is 0 Å². The van der Waals surface area contributed by atoms with Crippen LogP contribution in [-0.4, -0.2) is 59.4 Å². The number of benzene rings is 2. The summed E-state index contributed by atoms with van der Waals surface area (Å²) in [6.45, 7) is 4.23. The van der Waals surface area contributed by atoms with Crippen molar-refractivity contribution in [2.75, 3.05) is 36.5 Å². The van der Waals surface area contributed by atoms with Crippen molar-refractivity contribution in [1.29, 1.82) is 0 Å². The molecule has 3 aliphatic rings. The van der Waals surface area contributed by atoms with Crippen LogP contribution in [0.4, 0.5) is 24.5 Å². The summed E-state index contributed by atoms with van der Waals surface area (Å²) < 4.78 is 46.3. The number of amides is 1. The molecule has 10 heteroatoms. The maximum atomic E-state index is 14.7. The van der Waals surface area contributed by atoms with Gasteiger partial charge in [0.2, 0.25) is 5.91 Å². The molecule has 1 aromatic heterocycles. The van der Waals surface area contributed by atoms with E-state index < -0.39 is 23.8 Å². The standard InChI is InChI=1S/C26H26F3N5O2/c1-14(19-3-2-4-20(24(19)27)25(28)29)31-23-9-30-32-22-6-5-16(8-21(22)23)33-10-18-7-17(33)11-34(18)26(35)15-12-36-13-15/h2-6,8-9,14-15,17-18,25H,7,10-13H2,1H3,(H,31,32)/t14-,17+,18+/m1/s1. The summed E-state index contributed by atoms with van der Waals surface area (Å²) in [6, 6.07) is 9.83. The van der Waals surface area contributed by atoms with Gasteiger partial charge in [0, 0.05) is 35.8 Å². The van der Waals surface area contributed by atoms with Crippen LogP contribution >= 0.6 is 0 Å². The smallest absolute Gasteiger partial charge is 0.266 e. The SMILES string of the molecule is C[C@@H](Nc1cnnc2ccc(N3C[C@@H]4C[C@H]3CN4C(=O)C3COC3)cc12)c1cccc(C(F)F)c1F. The van der Waals surface area contributed by atoms with Crippen molar-refractivity contribution in [3.8, 4) is 0 Å². The average Bonchev–Trinajstić information content (AvgIpc) is 3.44. The highest BCUT2D eigenvalue weighted by Crippen LogP contribution is 2.38. The second-order valence-electron chi connectivity index (χ2n) is 9.80. The molecule has 3 aliphatic heterocycles. The number of hydrogen-bond acceptors (Lipinski definition) is 6. The number of anilines is 2. The number of nitrogens with zero attached hydrogens (tertiary/aromatic N) is 4. The second-order valence-corrected chi connectivity index (χ2v) is 9.80. The molecule has 0 spiro atoms. The molecule has 3 atom stereocenters. The number of aromatic nitrogens is 2. The van der Waals surface area contributed by atoms with Crippen molar-refractivity contribution in [1.82, 2.24) is 15.1 Å². The third-order valence-corrected chi connectivity index (χ3v) is 7.60. The molecule has 2 aromatic carbocycles. The van der Waals surface area contributed by atoms with E-state index in [2.05, 4.69) is 20.4 Å². The van der Waals surface area contributed by atoms with Gasteiger partial charge in [0.05, 0.1) is 54.2 Å². The predicted molar refractivity (Wildman–Crippen MR) is 128 cm³/mol. The van der Waals surface area contributed by atoms with Crippen molar-refractivity contribution >= 4 is 28.2 Å². The van der Waals surface area contributed by atoms with Gasteiger partial charge >= 0.3 is 0 Å². The van der Waals surface area contributed by atoms with Gasteiger partial charge in [0.15, 0.2) is 0 Å². The first-order chi connectivity index (χ1) is 17.4. The molecule has 0 radical (unpaired) electrons. The maximum absolute atomic E-state index is 14.7. The van der Waals surface area contributed by atoms with Gasteiger partial charge in [-0.2, -0.15) is 10.2 Å². The fourth-order valence-electron chi connectivity index (χ4n) is 5.59. The van der Waals surface area contributed by atoms with Crippen LogP contribution in [0.1, 0.15) is 36.9 Å². The lowest BCUT2D eigenvalue weighted by atomic mass is 10.0. The maximum Gasteiger partial charge on any atom is 0.266 e. The molecule has 3 aromatic rings. The average molecular weight is 498 g/mol. The van der Waals surface area contributed by atoms with Gasteiger partial charge in [0.1, 0.15) is 5.82 Å². The molecule has 3 fully saturated rings. The molecule has 7 nitrogen and oxygen atoms in total. The van der Waals surface area contributed by atoms with Crippen LogP contribution in [0.25, 0.3) is 10.9 Å². The van der Waals surface area contributed by atoms with Crippen molar-refractivity contribution in [3.05, 3.63) is 59.5 Å². The topological polar surface area (TPSA) is 70.6 Å². The first-order valence-electron chi connectivity index (χ1n) is 12.1. The Labute approximate surface area is 206 Å². The molecule has 4 heterocycles. The fourth-order valence-corrected chi connectivity index (χ4v) is 5.59. The summed E-state index contributed by atoms with van der Waals surface area (Å²) in [4.78, 5) is 17.1. The molecule has 0 unspecified atom stereocenters. The van der Waals surface area contributed by atoms with Crippen molar-refractivity contribution in [2.45, 2.75) is 37.9 Å². The molecule has 0 aliphatic carbocycles. The highest BCUT2D eigenvalue weighted by Gasteiger charge is 2.47. The molecule has 3 saturated heterocycles. The van der Waals surface area contributed by atoms with E-state index in [1.54, 1.807) is 13.1 Å². The Balaban J connectivity index is 1.24. The summed E-state index contributed by atoms with van der Waals surface area (Å²) in [5.74, 6) is -0.704. The Bertz CT molecular complexity index is 1320. The van der Waals surface area contributed by atoms with Gasteiger partial charge < -0.3 is 19.9 Å². The number of carbonyl (C=O) groups is 1.